The van der Waals surface area contributed by atoms with E-state index in [1.54, 1.807) is 6.07 Å². The fourth-order valence-electron chi connectivity index (χ4n) is 1.65. The number of esters is 1. The number of rotatable bonds is 7. The van der Waals surface area contributed by atoms with Gasteiger partial charge in [-0.15, -0.1) is 0 Å². The Balaban J connectivity index is 2.69. The first-order valence-corrected chi connectivity index (χ1v) is 6.51. The number of hydrogen-bond donors (Lipinski definition) is 3. The summed E-state index contributed by atoms with van der Waals surface area (Å²) >= 11 is 0. The van der Waals surface area contributed by atoms with Crippen LogP contribution >= 0.6 is 0 Å². The molecule has 0 fully saturated rings. The topological polar surface area (TPSA) is 114 Å². The van der Waals surface area contributed by atoms with E-state index in [9.17, 15) is 14.4 Å². The lowest BCUT2D eigenvalue weighted by Crippen LogP contribution is -2.30. The molecule has 0 atom stereocenters. The Morgan fingerprint density at radius 1 is 1.23 bits per heavy atom. The number of carbonyl (C=O) groups excluding carboxylic acids is 2. The molecule has 0 radical (unpaired) electrons. The fourth-order valence-corrected chi connectivity index (χ4v) is 1.65. The lowest BCUT2D eigenvalue weighted by molar-refractivity contribution is -0.137. The number of carboxylic acids is 1. The van der Waals surface area contributed by atoms with Gasteiger partial charge in [-0.1, -0.05) is 0 Å². The highest BCUT2D eigenvalue weighted by molar-refractivity contribution is 6.01. The van der Waals surface area contributed by atoms with E-state index in [-0.39, 0.29) is 24.2 Å². The highest BCUT2D eigenvalue weighted by atomic mass is 16.5. The molecular formula is C14H18N2O6. The molecule has 0 aromatic heterocycles. The Labute approximate surface area is 127 Å². The van der Waals surface area contributed by atoms with Crippen molar-refractivity contribution in [3.63, 3.8) is 0 Å². The first-order valence-electron chi connectivity index (χ1n) is 6.51. The lowest BCUT2D eigenvalue weighted by Gasteiger charge is -2.12. The third-order valence-corrected chi connectivity index (χ3v) is 2.73. The highest BCUT2D eigenvalue weighted by Crippen LogP contribution is 2.22. The Hall–Kier alpha value is -2.77. The summed E-state index contributed by atoms with van der Waals surface area (Å²) < 4.78 is 9.67. The zero-order chi connectivity index (χ0) is 16.5. The highest BCUT2D eigenvalue weighted by Gasteiger charge is 2.15. The number of methoxy groups -OCH3 is 2. The quantitative estimate of drug-likeness (QED) is 0.519. The molecule has 0 saturated carbocycles. The van der Waals surface area contributed by atoms with Crippen molar-refractivity contribution in [2.75, 3.05) is 26.1 Å². The minimum absolute atomic E-state index is 0.0315. The van der Waals surface area contributed by atoms with Gasteiger partial charge in [0.1, 0.15) is 5.75 Å². The number of carbonyl (C=O) groups is 3. The van der Waals surface area contributed by atoms with Gasteiger partial charge in [-0.3, -0.25) is 4.79 Å². The number of nitrogens with one attached hydrogen (secondary N) is 2. The number of aliphatic carboxylic acids is 1. The van der Waals surface area contributed by atoms with Gasteiger partial charge in [0.05, 0.1) is 25.5 Å². The average molecular weight is 310 g/mol. The molecule has 1 aromatic rings. The van der Waals surface area contributed by atoms with Crippen molar-refractivity contribution in [2.24, 2.45) is 0 Å². The first-order chi connectivity index (χ1) is 10.5. The fraction of sp³-hybridized carbons (Fsp3) is 0.357. The number of anilines is 1. The van der Waals surface area contributed by atoms with Crippen LogP contribution in [0.3, 0.4) is 0 Å². The van der Waals surface area contributed by atoms with E-state index in [1.807, 2.05) is 0 Å². The van der Waals surface area contributed by atoms with Gasteiger partial charge in [0.15, 0.2) is 0 Å². The molecule has 1 rings (SSSR count). The van der Waals surface area contributed by atoms with Crippen molar-refractivity contribution in [1.29, 1.82) is 0 Å². The molecule has 0 heterocycles. The van der Waals surface area contributed by atoms with Crippen LogP contribution in [0.4, 0.5) is 10.5 Å². The van der Waals surface area contributed by atoms with Crippen LogP contribution in [0.5, 0.6) is 5.75 Å². The largest absolute Gasteiger partial charge is 0.497 e. The van der Waals surface area contributed by atoms with Crippen LogP contribution in [0.1, 0.15) is 23.2 Å². The maximum atomic E-state index is 11.7. The summed E-state index contributed by atoms with van der Waals surface area (Å²) in [6, 6.07) is 4.01. The summed E-state index contributed by atoms with van der Waals surface area (Å²) in [7, 11) is 2.69. The third kappa shape index (κ3) is 5.31. The van der Waals surface area contributed by atoms with Gasteiger partial charge in [-0.2, -0.15) is 0 Å². The van der Waals surface area contributed by atoms with Crippen LogP contribution in [-0.2, 0) is 9.53 Å². The van der Waals surface area contributed by atoms with E-state index in [2.05, 4.69) is 15.4 Å². The molecule has 1 aromatic carbocycles. The van der Waals surface area contributed by atoms with Gasteiger partial charge in [0.2, 0.25) is 0 Å². The van der Waals surface area contributed by atoms with Gasteiger partial charge >= 0.3 is 18.0 Å². The summed E-state index contributed by atoms with van der Waals surface area (Å²) in [5.41, 5.74) is 0.422. The minimum Gasteiger partial charge on any atom is -0.497 e. The smallest absolute Gasteiger partial charge is 0.340 e. The van der Waals surface area contributed by atoms with E-state index < -0.39 is 18.0 Å². The van der Waals surface area contributed by atoms with Gasteiger partial charge in [-0.05, 0) is 24.6 Å². The molecule has 3 N–H and O–H groups in total. The van der Waals surface area contributed by atoms with Crippen molar-refractivity contribution in [1.82, 2.24) is 5.32 Å². The molecule has 2 amide bonds. The monoisotopic (exact) mass is 310 g/mol. The van der Waals surface area contributed by atoms with Crippen molar-refractivity contribution in [3.05, 3.63) is 23.8 Å². The van der Waals surface area contributed by atoms with E-state index >= 15 is 0 Å². The van der Waals surface area contributed by atoms with E-state index in [1.165, 1.54) is 26.4 Å². The standard InChI is InChI=1S/C14H18N2O6/c1-21-9-5-6-11(10(8-9)13(19)22-2)16-14(20)15-7-3-4-12(17)18/h5-6,8H,3-4,7H2,1-2H3,(H,17,18)(H2,15,16,20). The summed E-state index contributed by atoms with van der Waals surface area (Å²) in [5.74, 6) is -1.08. The summed E-state index contributed by atoms with van der Waals surface area (Å²) in [6.45, 7) is 0.210. The molecule has 0 aliphatic rings. The molecule has 0 saturated heterocycles. The number of hydrogen-bond acceptors (Lipinski definition) is 5. The van der Waals surface area contributed by atoms with Crippen LogP contribution in [0.2, 0.25) is 0 Å². The van der Waals surface area contributed by atoms with Crippen molar-refractivity contribution in [2.45, 2.75) is 12.8 Å². The molecule has 0 unspecified atom stereocenters. The van der Waals surface area contributed by atoms with Crippen LogP contribution in [0.25, 0.3) is 0 Å². The molecule has 8 nitrogen and oxygen atoms in total. The number of carboxylic acid groups (broad SMARTS) is 1. The average Bonchev–Trinajstić information content (AvgIpc) is 2.51. The Morgan fingerprint density at radius 2 is 1.95 bits per heavy atom. The summed E-state index contributed by atoms with van der Waals surface area (Å²) in [5, 5.41) is 13.5. The second-order valence-corrected chi connectivity index (χ2v) is 4.28. The zero-order valence-electron chi connectivity index (χ0n) is 12.3. The minimum atomic E-state index is -0.926. The van der Waals surface area contributed by atoms with Crippen LogP contribution < -0.4 is 15.4 Å². The first kappa shape index (κ1) is 17.3. The van der Waals surface area contributed by atoms with E-state index in [4.69, 9.17) is 9.84 Å². The summed E-state index contributed by atoms with van der Waals surface area (Å²) in [4.78, 5) is 33.8. The number of benzene rings is 1. The predicted octanol–water partition coefficient (Wildman–Crippen LogP) is 1.47. The van der Waals surface area contributed by atoms with Gasteiger partial charge in [0, 0.05) is 13.0 Å². The SMILES string of the molecule is COC(=O)c1cc(OC)ccc1NC(=O)NCCCC(=O)O. The van der Waals surface area contributed by atoms with Crippen LogP contribution in [0, 0.1) is 0 Å². The number of urea groups is 1. The molecular weight excluding hydrogens is 292 g/mol. The van der Waals surface area contributed by atoms with Crippen molar-refractivity contribution < 1.29 is 29.0 Å². The van der Waals surface area contributed by atoms with Gasteiger partial charge in [0.25, 0.3) is 0 Å². The Kier molecular flexibility index (Phi) is 6.68. The Morgan fingerprint density at radius 3 is 2.55 bits per heavy atom. The van der Waals surface area contributed by atoms with Crippen LogP contribution in [-0.4, -0.2) is 43.8 Å². The second kappa shape index (κ2) is 8.50. The van der Waals surface area contributed by atoms with E-state index in [0.29, 0.717) is 12.2 Å². The van der Waals surface area contributed by atoms with E-state index in [0.717, 1.165) is 0 Å². The van der Waals surface area contributed by atoms with Gasteiger partial charge in [-0.25, -0.2) is 9.59 Å². The molecule has 0 aliphatic heterocycles. The molecule has 0 aliphatic carbocycles. The Bertz CT molecular complexity index is 558. The predicted molar refractivity (Wildman–Crippen MR) is 78.2 cm³/mol. The maximum Gasteiger partial charge on any atom is 0.340 e. The number of ether oxygens (including phenoxy) is 2. The lowest BCUT2D eigenvalue weighted by atomic mass is 10.1. The molecule has 120 valence electrons. The molecule has 8 heteroatoms. The maximum absolute atomic E-state index is 11.7. The van der Waals surface area contributed by atoms with Crippen LogP contribution in [0.15, 0.2) is 18.2 Å². The molecule has 0 bridgehead atoms. The molecule has 0 spiro atoms. The zero-order valence-corrected chi connectivity index (χ0v) is 12.3. The van der Waals surface area contributed by atoms with Crippen molar-refractivity contribution >= 4 is 23.7 Å². The summed E-state index contributed by atoms with van der Waals surface area (Å²) in [6.07, 6.45) is 0.283. The van der Waals surface area contributed by atoms with Crippen molar-refractivity contribution in [3.8, 4) is 5.75 Å². The normalized spacial score (nSPS) is 9.73. The molecule has 22 heavy (non-hydrogen) atoms. The second-order valence-electron chi connectivity index (χ2n) is 4.28. The third-order valence-electron chi connectivity index (χ3n) is 2.73. The number of amides is 2. The van der Waals surface area contributed by atoms with Gasteiger partial charge < -0.3 is 25.2 Å².